The van der Waals surface area contributed by atoms with Gasteiger partial charge in [0, 0.05) is 0 Å². The highest BCUT2D eigenvalue weighted by Crippen LogP contribution is 2.32. The molecule has 1 heterocycles. The number of hydrogen-bond donors (Lipinski definition) is 1. The third kappa shape index (κ3) is 1.67. The van der Waals surface area contributed by atoms with E-state index in [4.69, 9.17) is 9.52 Å². The molecule has 0 saturated heterocycles. The monoisotopic (exact) mass is 205 g/mol. The van der Waals surface area contributed by atoms with Crippen molar-refractivity contribution >= 4 is 5.69 Å². The van der Waals surface area contributed by atoms with E-state index >= 15 is 0 Å². The Kier molecular flexibility index (Phi) is 2.13. The van der Waals surface area contributed by atoms with Gasteiger partial charge in [0.25, 0.3) is 5.69 Å². The standard InChI is InChI=1S/C10H7NO4/c12-7-3-4-8(9(6-7)11(13)14)10-2-1-5-15-10/h1-6,12H. The Bertz CT molecular complexity index is 490. The van der Waals surface area contributed by atoms with Gasteiger partial charge in [0.05, 0.1) is 22.8 Å². The fourth-order valence-electron chi connectivity index (χ4n) is 1.31. The predicted octanol–water partition coefficient (Wildman–Crippen LogP) is 2.56. The first kappa shape index (κ1) is 9.26. The Balaban J connectivity index is 2.61. The molecule has 2 rings (SSSR count). The first-order chi connectivity index (χ1) is 7.18. The van der Waals surface area contributed by atoms with Crippen LogP contribution in [-0.2, 0) is 0 Å². The molecule has 0 saturated carbocycles. The van der Waals surface area contributed by atoms with Crippen molar-refractivity contribution in [2.75, 3.05) is 0 Å². The van der Waals surface area contributed by atoms with Crippen LogP contribution in [0.25, 0.3) is 11.3 Å². The smallest absolute Gasteiger partial charge is 0.284 e. The maximum atomic E-state index is 10.7. The van der Waals surface area contributed by atoms with E-state index in [2.05, 4.69) is 0 Å². The van der Waals surface area contributed by atoms with Crippen LogP contribution in [0.2, 0.25) is 0 Å². The molecule has 0 fully saturated rings. The molecule has 0 unspecified atom stereocenters. The van der Waals surface area contributed by atoms with Crippen LogP contribution in [-0.4, -0.2) is 10.0 Å². The number of rotatable bonds is 2. The van der Waals surface area contributed by atoms with Crippen molar-refractivity contribution in [1.82, 2.24) is 0 Å². The zero-order valence-corrected chi connectivity index (χ0v) is 7.58. The van der Waals surface area contributed by atoms with Gasteiger partial charge >= 0.3 is 0 Å². The lowest BCUT2D eigenvalue weighted by Crippen LogP contribution is -1.90. The average molecular weight is 205 g/mol. The highest BCUT2D eigenvalue weighted by molar-refractivity contribution is 5.70. The van der Waals surface area contributed by atoms with Crippen LogP contribution in [0.1, 0.15) is 0 Å². The first-order valence-corrected chi connectivity index (χ1v) is 4.20. The molecule has 0 radical (unpaired) electrons. The van der Waals surface area contributed by atoms with Gasteiger partial charge in [-0.05, 0) is 24.3 Å². The predicted molar refractivity (Wildman–Crippen MR) is 52.5 cm³/mol. The third-order valence-corrected chi connectivity index (χ3v) is 1.96. The maximum absolute atomic E-state index is 10.7. The summed E-state index contributed by atoms with van der Waals surface area (Å²) < 4.78 is 5.06. The second-order valence-electron chi connectivity index (χ2n) is 2.94. The Morgan fingerprint density at radius 2 is 2.13 bits per heavy atom. The summed E-state index contributed by atoms with van der Waals surface area (Å²) in [6.07, 6.45) is 1.44. The largest absolute Gasteiger partial charge is 0.508 e. The number of benzene rings is 1. The molecule has 0 amide bonds. The molecule has 1 aromatic carbocycles. The fraction of sp³-hybridized carbons (Fsp3) is 0. The Morgan fingerprint density at radius 1 is 1.33 bits per heavy atom. The zero-order valence-electron chi connectivity index (χ0n) is 7.58. The van der Waals surface area contributed by atoms with Gasteiger partial charge in [-0.15, -0.1) is 0 Å². The first-order valence-electron chi connectivity index (χ1n) is 4.20. The van der Waals surface area contributed by atoms with E-state index in [0.29, 0.717) is 11.3 Å². The number of furan rings is 1. The van der Waals surface area contributed by atoms with E-state index in [9.17, 15) is 10.1 Å². The van der Waals surface area contributed by atoms with Crippen LogP contribution in [0.4, 0.5) is 5.69 Å². The Labute approximate surface area is 84.7 Å². The minimum absolute atomic E-state index is 0.142. The molecule has 0 aliphatic rings. The quantitative estimate of drug-likeness (QED) is 0.603. The van der Waals surface area contributed by atoms with Gasteiger partial charge in [0.2, 0.25) is 0 Å². The third-order valence-electron chi connectivity index (χ3n) is 1.96. The summed E-state index contributed by atoms with van der Waals surface area (Å²) in [6.45, 7) is 0. The molecule has 0 atom stereocenters. The SMILES string of the molecule is O=[N+]([O-])c1cc(O)ccc1-c1ccco1. The van der Waals surface area contributed by atoms with E-state index in [1.165, 1.54) is 18.4 Å². The number of phenolic OH excluding ortho intramolecular Hbond substituents is 1. The van der Waals surface area contributed by atoms with Crippen molar-refractivity contribution in [3.05, 3.63) is 46.7 Å². The summed E-state index contributed by atoms with van der Waals surface area (Å²) in [5, 5.41) is 19.9. The van der Waals surface area contributed by atoms with Gasteiger partial charge in [-0.1, -0.05) is 0 Å². The van der Waals surface area contributed by atoms with Crippen molar-refractivity contribution < 1.29 is 14.4 Å². The van der Waals surface area contributed by atoms with Gasteiger partial charge in [-0.25, -0.2) is 0 Å². The van der Waals surface area contributed by atoms with Gasteiger partial charge < -0.3 is 9.52 Å². The number of nitro groups is 1. The number of phenols is 1. The highest BCUT2D eigenvalue weighted by atomic mass is 16.6. The zero-order chi connectivity index (χ0) is 10.8. The maximum Gasteiger partial charge on any atom is 0.284 e. The molecule has 0 aliphatic carbocycles. The van der Waals surface area contributed by atoms with Crippen molar-refractivity contribution in [3.8, 4) is 17.1 Å². The van der Waals surface area contributed by atoms with Crippen LogP contribution < -0.4 is 0 Å². The van der Waals surface area contributed by atoms with E-state index in [1.807, 2.05) is 0 Å². The van der Waals surface area contributed by atoms with Gasteiger partial charge in [-0.2, -0.15) is 0 Å². The molecule has 0 spiro atoms. The molecule has 76 valence electrons. The molecule has 15 heavy (non-hydrogen) atoms. The molecular weight excluding hydrogens is 198 g/mol. The number of nitro benzene ring substituents is 1. The fourth-order valence-corrected chi connectivity index (χ4v) is 1.31. The minimum atomic E-state index is -0.558. The van der Waals surface area contributed by atoms with Crippen LogP contribution in [0.15, 0.2) is 41.0 Å². The van der Waals surface area contributed by atoms with E-state index in [1.54, 1.807) is 12.1 Å². The van der Waals surface area contributed by atoms with Crippen LogP contribution >= 0.6 is 0 Å². The van der Waals surface area contributed by atoms with Gasteiger partial charge in [0.15, 0.2) is 0 Å². The molecular formula is C10H7NO4. The molecule has 1 N–H and O–H groups in total. The molecule has 5 heteroatoms. The summed E-state index contributed by atoms with van der Waals surface area (Å²) in [7, 11) is 0. The second kappa shape index (κ2) is 3.45. The molecule has 5 nitrogen and oxygen atoms in total. The molecule has 2 aromatic rings. The van der Waals surface area contributed by atoms with E-state index in [0.717, 1.165) is 6.07 Å². The summed E-state index contributed by atoms with van der Waals surface area (Å²) in [5.41, 5.74) is 0.174. The van der Waals surface area contributed by atoms with Crippen molar-refractivity contribution in [2.45, 2.75) is 0 Å². The molecule has 1 aromatic heterocycles. The summed E-state index contributed by atoms with van der Waals surface area (Å²) in [6, 6.07) is 7.19. The summed E-state index contributed by atoms with van der Waals surface area (Å²) in [4.78, 5) is 10.2. The minimum Gasteiger partial charge on any atom is -0.508 e. The number of nitrogens with zero attached hydrogens (tertiary/aromatic N) is 1. The molecule has 0 aliphatic heterocycles. The number of aromatic hydroxyl groups is 1. The van der Waals surface area contributed by atoms with Crippen LogP contribution in [0.5, 0.6) is 5.75 Å². The summed E-state index contributed by atoms with van der Waals surface area (Å²) in [5.74, 6) is 0.263. The molecule has 0 bridgehead atoms. The van der Waals surface area contributed by atoms with Crippen molar-refractivity contribution in [2.24, 2.45) is 0 Å². The van der Waals surface area contributed by atoms with Gasteiger partial charge in [-0.3, -0.25) is 10.1 Å². The Hall–Kier alpha value is -2.30. The highest BCUT2D eigenvalue weighted by Gasteiger charge is 2.17. The van der Waals surface area contributed by atoms with Crippen molar-refractivity contribution in [1.29, 1.82) is 0 Å². The lowest BCUT2D eigenvalue weighted by molar-refractivity contribution is -0.384. The number of hydrogen-bond acceptors (Lipinski definition) is 4. The van der Waals surface area contributed by atoms with Crippen LogP contribution in [0.3, 0.4) is 0 Å². The average Bonchev–Trinajstić information content (AvgIpc) is 2.70. The van der Waals surface area contributed by atoms with Crippen LogP contribution in [0, 0.1) is 10.1 Å². The topological polar surface area (TPSA) is 76.5 Å². The van der Waals surface area contributed by atoms with E-state index in [-0.39, 0.29) is 11.4 Å². The lowest BCUT2D eigenvalue weighted by atomic mass is 10.1. The summed E-state index contributed by atoms with van der Waals surface area (Å²) >= 11 is 0. The second-order valence-corrected chi connectivity index (χ2v) is 2.94. The van der Waals surface area contributed by atoms with Crippen molar-refractivity contribution in [3.63, 3.8) is 0 Å². The normalized spacial score (nSPS) is 10.1. The van der Waals surface area contributed by atoms with Gasteiger partial charge in [0.1, 0.15) is 11.5 Å². The lowest BCUT2D eigenvalue weighted by Gasteiger charge is -1.99. The Morgan fingerprint density at radius 3 is 2.73 bits per heavy atom. The van der Waals surface area contributed by atoms with E-state index < -0.39 is 4.92 Å².